The Morgan fingerprint density at radius 3 is 2.82 bits per heavy atom. The number of alkyl halides is 2. The predicted octanol–water partition coefficient (Wildman–Crippen LogP) is 3.35. The second-order valence-corrected chi connectivity index (χ2v) is 4.67. The number of aldehydes is 1. The molecule has 1 atom stereocenters. The van der Waals surface area contributed by atoms with E-state index in [0.29, 0.717) is 11.9 Å². The molecule has 17 heavy (non-hydrogen) atoms. The minimum Gasteiger partial charge on any atom is -0.398 e. The highest BCUT2D eigenvalue weighted by atomic mass is 35.5. The summed E-state index contributed by atoms with van der Waals surface area (Å²) in [5.41, 5.74) is 5.08. The summed E-state index contributed by atoms with van der Waals surface area (Å²) in [5.74, 6) is -0.102. The summed E-state index contributed by atoms with van der Waals surface area (Å²) >= 11 is 6.99. The largest absolute Gasteiger partial charge is 0.398 e. The number of carbonyl (C=O) groups excluding carboxylic acids is 1. The highest BCUT2D eigenvalue weighted by Gasteiger charge is 2.28. The lowest BCUT2D eigenvalue weighted by molar-refractivity contribution is -0.105. The van der Waals surface area contributed by atoms with Gasteiger partial charge in [0.15, 0.2) is 0 Å². The van der Waals surface area contributed by atoms with Crippen LogP contribution < -0.4 is 5.73 Å². The number of hydrogen-bond acceptors (Lipinski definition) is 3. The van der Waals surface area contributed by atoms with Crippen molar-refractivity contribution in [2.24, 2.45) is 0 Å². The molecule has 5 heteroatoms. The Kier molecular flexibility index (Phi) is 5.38. The molecule has 0 fully saturated rings. The fourth-order valence-corrected chi connectivity index (χ4v) is 1.98. The van der Waals surface area contributed by atoms with Gasteiger partial charge in [0, 0.05) is 17.5 Å². The van der Waals surface area contributed by atoms with E-state index in [1.807, 2.05) is 16.8 Å². The quantitative estimate of drug-likeness (QED) is 0.663. The molecule has 2 rings (SSSR count). The zero-order valence-electron chi connectivity index (χ0n) is 9.11. The van der Waals surface area contributed by atoms with Crippen LogP contribution in [0.4, 0.5) is 10.1 Å². The lowest BCUT2D eigenvalue weighted by Crippen LogP contribution is -2.24. The fourth-order valence-electron chi connectivity index (χ4n) is 1.25. The van der Waals surface area contributed by atoms with Gasteiger partial charge in [-0.15, -0.1) is 11.6 Å². The van der Waals surface area contributed by atoms with Gasteiger partial charge >= 0.3 is 0 Å². The first kappa shape index (κ1) is 13.9. The van der Waals surface area contributed by atoms with Crippen LogP contribution in [0.2, 0.25) is 0 Å². The minimum atomic E-state index is -1.52. The van der Waals surface area contributed by atoms with E-state index in [2.05, 4.69) is 0 Å². The summed E-state index contributed by atoms with van der Waals surface area (Å²) in [4.78, 5) is 10.3. The Hall–Kier alpha value is -1.13. The molecule has 0 amide bonds. The minimum absolute atomic E-state index is 0.0938. The number of hydrogen-bond donors (Lipinski definition) is 1. The van der Waals surface area contributed by atoms with E-state index in [-0.39, 0.29) is 12.3 Å². The fraction of sp³-hybridized carbons (Fsp3) is 0.250. The van der Waals surface area contributed by atoms with E-state index in [9.17, 15) is 9.18 Å². The maximum atomic E-state index is 13.3. The van der Waals surface area contributed by atoms with E-state index in [4.69, 9.17) is 17.3 Å². The number of allylic oxidation sites excluding steroid dienone is 4. The van der Waals surface area contributed by atoms with Crippen molar-refractivity contribution in [3.05, 3.63) is 40.6 Å². The molecule has 1 aromatic rings. The van der Waals surface area contributed by atoms with Gasteiger partial charge in [-0.25, -0.2) is 4.39 Å². The summed E-state index contributed by atoms with van der Waals surface area (Å²) < 4.78 is 13.3. The molecule has 0 aromatic carbocycles. The van der Waals surface area contributed by atoms with Crippen molar-refractivity contribution in [2.75, 3.05) is 11.6 Å². The second-order valence-electron chi connectivity index (χ2n) is 3.62. The first-order valence-corrected chi connectivity index (χ1v) is 6.43. The smallest absolute Gasteiger partial charge is 0.147 e. The van der Waals surface area contributed by atoms with E-state index >= 15 is 0 Å². The van der Waals surface area contributed by atoms with Crippen LogP contribution in [0.5, 0.6) is 0 Å². The lowest BCUT2D eigenvalue weighted by atomic mass is 9.94. The Morgan fingerprint density at radius 2 is 2.41 bits per heavy atom. The van der Waals surface area contributed by atoms with Crippen molar-refractivity contribution in [2.45, 2.75) is 12.1 Å². The third-order valence-corrected chi connectivity index (χ3v) is 3.27. The van der Waals surface area contributed by atoms with E-state index in [0.717, 1.165) is 5.69 Å². The normalized spacial score (nSPS) is 22.4. The molecule has 1 heterocycles. The van der Waals surface area contributed by atoms with Gasteiger partial charge < -0.3 is 5.73 Å². The van der Waals surface area contributed by atoms with Crippen molar-refractivity contribution in [3.8, 4) is 0 Å². The van der Waals surface area contributed by atoms with Crippen molar-refractivity contribution >= 4 is 34.9 Å². The van der Waals surface area contributed by atoms with Crippen LogP contribution in [0.1, 0.15) is 6.42 Å². The maximum absolute atomic E-state index is 13.3. The summed E-state index contributed by atoms with van der Waals surface area (Å²) in [6.07, 6.45) is 5.25. The summed E-state index contributed by atoms with van der Waals surface area (Å²) in [6, 6.07) is 1.88. The molecule has 2 N–H and O–H groups in total. The molecular formula is C12H13ClFNOS. The van der Waals surface area contributed by atoms with Crippen LogP contribution >= 0.6 is 22.9 Å². The van der Waals surface area contributed by atoms with E-state index in [1.54, 1.807) is 17.4 Å². The summed E-state index contributed by atoms with van der Waals surface area (Å²) in [6.45, 7) is 0. The van der Waals surface area contributed by atoms with Crippen molar-refractivity contribution in [1.82, 2.24) is 0 Å². The van der Waals surface area contributed by atoms with Crippen molar-refractivity contribution in [3.63, 3.8) is 0 Å². The third-order valence-electron chi connectivity index (χ3n) is 2.12. The van der Waals surface area contributed by atoms with Crippen LogP contribution in [-0.2, 0) is 4.79 Å². The zero-order chi connectivity index (χ0) is 12.7. The average molecular weight is 274 g/mol. The van der Waals surface area contributed by atoms with Crippen LogP contribution in [0, 0.1) is 0 Å². The molecule has 1 unspecified atom stereocenters. The van der Waals surface area contributed by atoms with E-state index in [1.165, 1.54) is 12.2 Å². The molecule has 2 nitrogen and oxygen atoms in total. The second kappa shape index (κ2) is 6.57. The molecule has 0 saturated heterocycles. The van der Waals surface area contributed by atoms with E-state index < -0.39 is 5.67 Å². The highest BCUT2D eigenvalue weighted by molar-refractivity contribution is 7.08. The monoisotopic (exact) mass is 273 g/mol. The van der Waals surface area contributed by atoms with Gasteiger partial charge in [0.25, 0.3) is 0 Å². The van der Waals surface area contributed by atoms with Crippen LogP contribution in [0.3, 0.4) is 0 Å². The van der Waals surface area contributed by atoms with Gasteiger partial charge in [-0.2, -0.15) is 11.3 Å². The zero-order valence-corrected chi connectivity index (χ0v) is 10.7. The SMILES string of the molecule is Nc1ccsc1.O=CC1=CC=CC(F)(CCl)C1. The van der Waals surface area contributed by atoms with Crippen molar-refractivity contribution in [1.29, 1.82) is 0 Å². The van der Waals surface area contributed by atoms with Gasteiger partial charge in [-0.3, -0.25) is 4.79 Å². The van der Waals surface area contributed by atoms with Crippen LogP contribution in [0.15, 0.2) is 40.6 Å². The predicted molar refractivity (Wildman–Crippen MR) is 71.2 cm³/mol. The summed E-state index contributed by atoms with van der Waals surface area (Å²) in [7, 11) is 0. The van der Waals surface area contributed by atoms with Gasteiger partial charge in [0.1, 0.15) is 12.0 Å². The molecule has 0 saturated carbocycles. The first-order chi connectivity index (χ1) is 8.09. The number of halogens is 2. The third kappa shape index (κ3) is 4.71. The number of nitrogen functional groups attached to an aromatic ring is 1. The molecule has 0 aliphatic heterocycles. The molecule has 0 radical (unpaired) electrons. The van der Waals surface area contributed by atoms with Crippen molar-refractivity contribution < 1.29 is 9.18 Å². The molecule has 1 aromatic heterocycles. The van der Waals surface area contributed by atoms with Gasteiger partial charge in [0.2, 0.25) is 0 Å². The molecule has 92 valence electrons. The molecule has 0 bridgehead atoms. The number of thiophene rings is 1. The van der Waals surface area contributed by atoms with Crippen LogP contribution in [-0.4, -0.2) is 17.8 Å². The standard InChI is InChI=1S/C8H8ClFO.C4H5NS/c9-6-8(10)3-1-2-7(4-8)5-11;5-4-1-2-6-3-4/h1-3,5H,4,6H2;1-3H,5H2. The number of anilines is 1. The van der Waals surface area contributed by atoms with Crippen LogP contribution in [0.25, 0.3) is 0 Å². The number of carbonyl (C=O) groups is 1. The Labute approximate surface area is 109 Å². The number of nitrogens with two attached hydrogens (primary N) is 1. The molecule has 1 aliphatic rings. The maximum Gasteiger partial charge on any atom is 0.147 e. The molecular weight excluding hydrogens is 261 g/mol. The lowest BCUT2D eigenvalue weighted by Gasteiger charge is -2.20. The molecule has 1 aliphatic carbocycles. The Balaban J connectivity index is 0.000000202. The Bertz CT molecular complexity index is 416. The summed E-state index contributed by atoms with van der Waals surface area (Å²) in [5, 5.41) is 3.86. The van der Waals surface area contributed by atoms with Gasteiger partial charge in [-0.05, 0) is 23.1 Å². The average Bonchev–Trinajstić information content (AvgIpc) is 2.81. The first-order valence-electron chi connectivity index (χ1n) is 4.96. The Morgan fingerprint density at radius 1 is 1.65 bits per heavy atom. The van der Waals surface area contributed by atoms with Gasteiger partial charge in [-0.1, -0.05) is 12.2 Å². The number of rotatable bonds is 2. The van der Waals surface area contributed by atoms with Gasteiger partial charge in [0.05, 0.1) is 5.88 Å². The molecule has 0 spiro atoms. The topological polar surface area (TPSA) is 43.1 Å². The highest BCUT2D eigenvalue weighted by Crippen LogP contribution is 2.27.